The topological polar surface area (TPSA) is 9.23 Å². The smallest absolute Gasteiger partial charge is 0.373 e. The second-order valence-corrected chi connectivity index (χ2v) is 8.95. The van der Waals surface area contributed by atoms with Crippen molar-refractivity contribution in [3.63, 3.8) is 0 Å². The van der Waals surface area contributed by atoms with Gasteiger partial charge in [0, 0.05) is 5.92 Å². The minimum absolute atomic E-state index is 0.137. The van der Waals surface area contributed by atoms with Gasteiger partial charge in [-0.3, -0.25) is 0 Å². The molecule has 3 rings (SSSR count). The molecule has 0 saturated carbocycles. The lowest BCUT2D eigenvalue weighted by Crippen LogP contribution is -2.28. The number of unbranched alkanes of at least 4 members (excludes halogenated alkanes) is 1. The van der Waals surface area contributed by atoms with Crippen LogP contribution in [0.15, 0.2) is 84.5 Å². The van der Waals surface area contributed by atoms with Gasteiger partial charge >= 0.3 is 12.4 Å². The van der Waals surface area contributed by atoms with Gasteiger partial charge in [-0.15, -0.1) is 0 Å². The molecule has 0 heterocycles. The monoisotopic (exact) mass is 508 g/mol. The molecule has 1 aliphatic rings. The molecule has 0 bridgehead atoms. The summed E-state index contributed by atoms with van der Waals surface area (Å²) in [5.74, 6) is -0.198. The van der Waals surface area contributed by atoms with Crippen LogP contribution in [0.2, 0.25) is 0 Å². The molecule has 0 aliphatic heterocycles. The number of rotatable bonds is 9. The zero-order chi connectivity index (χ0) is 26.3. The standard InChI is InChI=1S/C29H30F6O/c1-3-5-10-21-14-15-26(27(25(21)13-6-4-2)22-11-8-7-9-12-22)36-19-20-16-23(28(30,31)32)18-24(17-20)29(33,34)35/h4,6-9,11-13,16-18,26-27H,2-3,5,10,14-15,19H2,1H3/b13-6-/t26-,27-/m1/s1. The molecule has 2 aromatic rings. The van der Waals surface area contributed by atoms with Gasteiger partial charge in [0.05, 0.1) is 23.8 Å². The number of ether oxygens (including phenoxy) is 1. The number of halogens is 6. The van der Waals surface area contributed by atoms with Gasteiger partial charge in [0.1, 0.15) is 0 Å². The van der Waals surface area contributed by atoms with E-state index in [0.717, 1.165) is 49.0 Å². The fourth-order valence-corrected chi connectivity index (χ4v) is 4.64. The van der Waals surface area contributed by atoms with Crippen molar-refractivity contribution in [1.82, 2.24) is 0 Å². The van der Waals surface area contributed by atoms with Crippen LogP contribution in [0.1, 0.15) is 67.2 Å². The molecule has 0 fully saturated rings. The van der Waals surface area contributed by atoms with E-state index in [0.29, 0.717) is 6.42 Å². The first-order valence-corrected chi connectivity index (χ1v) is 12.0. The van der Waals surface area contributed by atoms with Crippen LogP contribution < -0.4 is 0 Å². The first-order valence-electron chi connectivity index (χ1n) is 12.0. The van der Waals surface area contributed by atoms with Gasteiger partial charge < -0.3 is 4.74 Å². The Kier molecular flexibility index (Phi) is 9.23. The predicted octanol–water partition coefficient (Wildman–Crippen LogP) is 9.42. The van der Waals surface area contributed by atoms with Gasteiger partial charge in [-0.25, -0.2) is 0 Å². The Morgan fingerprint density at radius 1 is 0.972 bits per heavy atom. The highest BCUT2D eigenvalue weighted by molar-refractivity contribution is 5.42. The summed E-state index contributed by atoms with van der Waals surface area (Å²) in [6, 6.07) is 11.2. The quantitative estimate of drug-likeness (QED) is 0.242. The predicted molar refractivity (Wildman–Crippen MR) is 129 cm³/mol. The Morgan fingerprint density at radius 3 is 2.17 bits per heavy atom. The molecule has 194 valence electrons. The molecule has 0 N–H and O–H groups in total. The summed E-state index contributed by atoms with van der Waals surface area (Å²) >= 11 is 0. The molecule has 2 aromatic carbocycles. The maximum absolute atomic E-state index is 13.3. The highest BCUT2D eigenvalue weighted by Gasteiger charge is 2.37. The summed E-state index contributed by atoms with van der Waals surface area (Å²) < 4.78 is 85.9. The van der Waals surface area contributed by atoms with Crippen molar-refractivity contribution in [2.75, 3.05) is 0 Å². The van der Waals surface area contributed by atoms with E-state index in [1.54, 1.807) is 6.08 Å². The Hall–Kier alpha value is -2.80. The average molecular weight is 509 g/mol. The van der Waals surface area contributed by atoms with E-state index in [4.69, 9.17) is 4.74 Å². The van der Waals surface area contributed by atoms with Crippen LogP contribution in [0.4, 0.5) is 26.3 Å². The van der Waals surface area contributed by atoms with E-state index >= 15 is 0 Å². The number of alkyl halides is 6. The summed E-state index contributed by atoms with van der Waals surface area (Å²) in [5.41, 5.74) is 0.520. The molecule has 2 atom stereocenters. The van der Waals surface area contributed by atoms with Crippen LogP contribution in [0.25, 0.3) is 0 Å². The SMILES string of the molecule is C=C/C=C\C1=C(CCCC)CC[C@@H](OCc2cc(C(F)(F)F)cc(C(F)(F)F)c2)[C@@H]1c1ccccc1. The highest BCUT2D eigenvalue weighted by atomic mass is 19.4. The normalized spacial score (nSPS) is 19.2. The molecule has 7 heteroatoms. The van der Waals surface area contributed by atoms with Crippen LogP contribution >= 0.6 is 0 Å². The number of hydrogen-bond acceptors (Lipinski definition) is 1. The maximum Gasteiger partial charge on any atom is 0.416 e. The molecule has 1 nitrogen and oxygen atoms in total. The summed E-state index contributed by atoms with van der Waals surface area (Å²) in [7, 11) is 0. The number of benzene rings is 2. The molecule has 36 heavy (non-hydrogen) atoms. The Morgan fingerprint density at radius 2 is 1.61 bits per heavy atom. The summed E-state index contributed by atoms with van der Waals surface area (Å²) in [5, 5.41) is 0. The van der Waals surface area contributed by atoms with E-state index in [1.165, 1.54) is 5.57 Å². The van der Waals surface area contributed by atoms with E-state index in [1.807, 2.05) is 42.5 Å². The Bertz CT molecular complexity index is 1050. The minimum Gasteiger partial charge on any atom is -0.373 e. The van der Waals surface area contributed by atoms with E-state index in [2.05, 4.69) is 13.5 Å². The van der Waals surface area contributed by atoms with Crippen LogP contribution in [-0.4, -0.2) is 6.10 Å². The Balaban J connectivity index is 1.97. The second-order valence-electron chi connectivity index (χ2n) is 8.95. The maximum atomic E-state index is 13.3. The van der Waals surface area contributed by atoms with Crippen molar-refractivity contribution in [2.45, 2.75) is 70.0 Å². The number of allylic oxidation sites excluding steroid dienone is 4. The fourth-order valence-electron chi connectivity index (χ4n) is 4.64. The van der Waals surface area contributed by atoms with Gasteiger partial charge in [0.25, 0.3) is 0 Å². The van der Waals surface area contributed by atoms with Crippen molar-refractivity contribution in [2.24, 2.45) is 0 Å². The average Bonchev–Trinajstić information content (AvgIpc) is 2.84. The molecule has 0 unspecified atom stereocenters. The molecule has 0 spiro atoms. The molecule has 1 aliphatic carbocycles. The first kappa shape index (κ1) is 27.8. The van der Waals surface area contributed by atoms with Gasteiger partial charge in [0.15, 0.2) is 0 Å². The van der Waals surface area contributed by atoms with E-state index in [9.17, 15) is 26.3 Å². The molecule has 0 aromatic heterocycles. The van der Waals surface area contributed by atoms with Crippen molar-refractivity contribution in [1.29, 1.82) is 0 Å². The molecule has 0 saturated heterocycles. The lowest BCUT2D eigenvalue weighted by atomic mass is 9.75. The second kappa shape index (κ2) is 12.0. The van der Waals surface area contributed by atoms with Crippen molar-refractivity contribution < 1.29 is 31.1 Å². The largest absolute Gasteiger partial charge is 0.416 e. The third-order valence-electron chi connectivity index (χ3n) is 6.36. The van der Waals surface area contributed by atoms with Gasteiger partial charge in [-0.05, 0) is 60.6 Å². The molecule has 0 amide bonds. The van der Waals surface area contributed by atoms with Gasteiger partial charge in [-0.2, -0.15) is 26.3 Å². The first-order chi connectivity index (χ1) is 17.0. The molecular formula is C29H30F6O. The third kappa shape index (κ3) is 7.12. The lowest BCUT2D eigenvalue weighted by Gasteiger charge is -2.35. The zero-order valence-corrected chi connectivity index (χ0v) is 20.1. The van der Waals surface area contributed by atoms with Crippen LogP contribution in [0.3, 0.4) is 0 Å². The molecular weight excluding hydrogens is 478 g/mol. The van der Waals surface area contributed by atoms with Crippen molar-refractivity contribution in [3.05, 3.63) is 107 Å². The van der Waals surface area contributed by atoms with E-state index < -0.39 is 29.6 Å². The van der Waals surface area contributed by atoms with Crippen molar-refractivity contribution >= 4 is 0 Å². The summed E-state index contributed by atoms with van der Waals surface area (Å²) in [6.45, 7) is 5.52. The highest BCUT2D eigenvalue weighted by Crippen LogP contribution is 2.42. The van der Waals surface area contributed by atoms with Gasteiger partial charge in [-0.1, -0.05) is 74.1 Å². The fraction of sp³-hybridized carbons (Fsp3) is 0.379. The minimum atomic E-state index is -4.90. The Labute approximate surface area is 208 Å². The van der Waals surface area contributed by atoms with Crippen LogP contribution in [0, 0.1) is 0 Å². The zero-order valence-electron chi connectivity index (χ0n) is 20.1. The van der Waals surface area contributed by atoms with Gasteiger partial charge in [0.2, 0.25) is 0 Å². The van der Waals surface area contributed by atoms with Crippen LogP contribution in [-0.2, 0) is 23.7 Å². The lowest BCUT2D eigenvalue weighted by molar-refractivity contribution is -0.143. The molecule has 0 radical (unpaired) electrons. The summed E-state index contributed by atoms with van der Waals surface area (Å²) in [6.07, 6.45) is -0.321. The van der Waals surface area contributed by atoms with E-state index in [-0.39, 0.29) is 24.2 Å². The summed E-state index contributed by atoms with van der Waals surface area (Å²) in [4.78, 5) is 0. The third-order valence-corrected chi connectivity index (χ3v) is 6.36. The van der Waals surface area contributed by atoms with Crippen molar-refractivity contribution in [3.8, 4) is 0 Å². The van der Waals surface area contributed by atoms with Crippen LogP contribution in [0.5, 0.6) is 0 Å². The number of hydrogen-bond donors (Lipinski definition) is 0.